The minimum atomic E-state index is -0.442. The van der Waals surface area contributed by atoms with Crippen molar-refractivity contribution in [2.24, 2.45) is 17.8 Å². The summed E-state index contributed by atoms with van der Waals surface area (Å²) >= 11 is 0. The smallest absolute Gasteiger partial charge is 0.328 e. The van der Waals surface area contributed by atoms with Gasteiger partial charge < -0.3 is 4.74 Å². The standard InChI is InChI=1S/C22H33NO2/c1-15(2)22(14-23-22)20(24)25-19-13-16(3)11-12-18(19)21(4,5)17-9-7-6-8-10-17/h6-10,15-16,18-19,23H,11-14H2,1-5H3/t16-,18-,19-,22+/m1/s1. The van der Waals surface area contributed by atoms with E-state index >= 15 is 0 Å². The van der Waals surface area contributed by atoms with Crippen LogP contribution in [0.2, 0.25) is 0 Å². The first-order valence-electron chi connectivity index (χ1n) is 9.79. The van der Waals surface area contributed by atoms with E-state index in [0.717, 1.165) is 19.4 Å². The summed E-state index contributed by atoms with van der Waals surface area (Å²) < 4.78 is 6.17. The van der Waals surface area contributed by atoms with Gasteiger partial charge in [-0.25, -0.2) is 4.79 Å². The van der Waals surface area contributed by atoms with Crippen molar-refractivity contribution in [3.05, 3.63) is 35.9 Å². The van der Waals surface area contributed by atoms with Crippen LogP contribution in [0.1, 0.15) is 59.4 Å². The summed E-state index contributed by atoms with van der Waals surface area (Å²) in [5, 5.41) is 3.26. The zero-order chi connectivity index (χ0) is 18.2. The maximum absolute atomic E-state index is 12.9. The Balaban J connectivity index is 1.81. The molecule has 0 bridgehead atoms. The first-order valence-corrected chi connectivity index (χ1v) is 9.79. The van der Waals surface area contributed by atoms with Gasteiger partial charge in [-0.2, -0.15) is 0 Å². The highest BCUT2D eigenvalue weighted by molar-refractivity contribution is 5.85. The maximum atomic E-state index is 12.9. The van der Waals surface area contributed by atoms with Crippen LogP contribution >= 0.6 is 0 Å². The molecule has 1 saturated carbocycles. The van der Waals surface area contributed by atoms with Gasteiger partial charge in [0.1, 0.15) is 11.6 Å². The van der Waals surface area contributed by atoms with E-state index in [0.29, 0.717) is 11.8 Å². The zero-order valence-corrected chi connectivity index (χ0v) is 16.3. The Morgan fingerprint density at radius 2 is 1.88 bits per heavy atom. The molecule has 0 unspecified atom stereocenters. The van der Waals surface area contributed by atoms with E-state index in [2.05, 4.69) is 70.3 Å². The highest BCUT2D eigenvalue weighted by atomic mass is 16.5. The summed E-state index contributed by atoms with van der Waals surface area (Å²) in [4.78, 5) is 12.9. The highest BCUT2D eigenvalue weighted by Gasteiger charge is 2.55. The van der Waals surface area contributed by atoms with Crippen molar-refractivity contribution in [1.82, 2.24) is 5.32 Å². The number of esters is 1. The number of hydrogen-bond acceptors (Lipinski definition) is 3. The Labute approximate surface area is 152 Å². The van der Waals surface area contributed by atoms with Crippen molar-refractivity contribution in [3.8, 4) is 0 Å². The zero-order valence-electron chi connectivity index (χ0n) is 16.3. The van der Waals surface area contributed by atoms with Crippen LogP contribution in [0.25, 0.3) is 0 Å². The number of rotatable bonds is 5. The summed E-state index contributed by atoms with van der Waals surface area (Å²) in [6.45, 7) is 11.8. The molecular weight excluding hydrogens is 310 g/mol. The van der Waals surface area contributed by atoms with Gasteiger partial charge in [-0.05, 0) is 35.7 Å². The van der Waals surface area contributed by atoms with Gasteiger partial charge in [0.15, 0.2) is 0 Å². The summed E-state index contributed by atoms with van der Waals surface area (Å²) in [7, 11) is 0. The largest absolute Gasteiger partial charge is 0.461 e. The maximum Gasteiger partial charge on any atom is 0.328 e. The number of ether oxygens (including phenoxy) is 1. The average molecular weight is 344 g/mol. The second-order valence-electron chi connectivity index (χ2n) is 9.04. The molecule has 138 valence electrons. The molecule has 3 heteroatoms. The van der Waals surface area contributed by atoms with E-state index in [1.807, 2.05) is 0 Å². The van der Waals surface area contributed by atoms with Gasteiger partial charge in [0.2, 0.25) is 0 Å². The van der Waals surface area contributed by atoms with Crippen molar-refractivity contribution < 1.29 is 9.53 Å². The van der Waals surface area contributed by atoms with Crippen molar-refractivity contribution in [2.75, 3.05) is 6.54 Å². The number of benzene rings is 1. The van der Waals surface area contributed by atoms with Gasteiger partial charge in [-0.1, -0.05) is 71.4 Å². The molecule has 0 spiro atoms. The van der Waals surface area contributed by atoms with Crippen LogP contribution in [-0.4, -0.2) is 24.2 Å². The summed E-state index contributed by atoms with van der Waals surface area (Å²) in [6, 6.07) is 10.7. The van der Waals surface area contributed by atoms with Crippen LogP contribution in [-0.2, 0) is 14.9 Å². The van der Waals surface area contributed by atoms with Crippen molar-refractivity contribution in [1.29, 1.82) is 0 Å². The molecule has 2 aliphatic rings. The molecule has 1 N–H and O–H groups in total. The number of carbonyl (C=O) groups excluding carboxylic acids is 1. The molecule has 0 amide bonds. The Hall–Kier alpha value is -1.35. The Morgan fingerprint density at radius 3 is 2.44 bits per heavy atom. The SMILES string of the molecule is CC(C)[C@]1(C(=O)O[C@@H]2C[C@H](C)CC[C@H]2C(C)(C)c2ccccc2)CN1. The molecule has 3 rings (SSSR count). The molecule has 0 aromatic heterocycles. The number of hydrogen-bond donors (Lipinski definition) is 1. The van der Waals surface area contributed by atoms with Crippen LogP contribution in [0, 0.1) is 17.8 Å². The van der Waals surface area contributed by atoms with Crippen molar-refractivity contribution >= 4 is 5.97 Å². The first-order chi connectivity index (χ1) is 11.8. The molecule has 0 radical (unpaired) electrons. The third-order valence-electron chi connectivity index (χ3n) is 6.66. The van der Waals surface area contributed by atoms with E-state index in [1.165, 1.54) is 12.0 Å². The predicted molar refractivity (Wildman–Crippen MR) is 101 cm³/mol. The monoisotopic (exact) mass is 343 g/mol. The van der Waals surface area contributed by atoms with Crippen molar-refractivity contribution in [2.45, 2.75) is 70.9 Å². The van der Waals surface area contributed by atoms with Crippen molar-refractivity contribution in [3.63, 3.8) is 0 Å². The fraction of sp³-hybridized carbons (Fsp3) is 0.682. The molecule has 1 heterocycles. The lowest BCUT2D eigenvalue weighted by Gasteiger charge is -2.44. The lowest BCUT2D eigenvalue weighted by atomic mass is 9.64. The predicted octanol–water partition coefficient (Wildman–Crippen LogP) is 4.31. The van der Waals surface area contributed by atoms with E-state index in [9.17, 15) is 4.79 Å². The van der Waals surface area contributed by atoms with Gasteiger partial charge in [0.25, 0.3) is 0 Å². The fourth-order valence-corrected chi connectivity index (χ4v) is 4.49. The minimum Gasteiger partial charge on any atom is -0.461 e. The Kier molecular flexibility index (Phi) is 4.98. The van der Waals surface area contributed by atoms with Crippen LogP contribution in [0.4, 0.5) is 0 Å². The summed E-state index contributed by atoms with van der Waals surface area (Å²) in [5.74, 6) is 1.19. The topological polar surface area (TPSA) is 48.2 Å². The molecule has 1 aromatic rings. The molecular formula is C22H33NO2. The third kappa shape index (κ3) is 3.48. The molecule has 3 nitrogen and oxygen atoms in total. The van der Waals surface area contributed by atoms with Gasteiger partial charge in [-0.15, -0.1) is 0 Å². The van der Waals surface area contributed by atoms with Gasteiger partial charge in [0, 0.05) is 12.5 Å². The van der Waals surface area contributed by atoms with E-state index < -0.39 is 5.54 Å². The Bertz CT molecular complexity index is 604. The quantitative estimate of drug-likeness (QED) is 0.640. The summed E-state index contributed by atoms with van der Waals surface area (Å²) in [6.07, 6.45) is 3.30. The lowest BCUT2D eigenvalue weighted by molar-refractivity contribution is -0.161. The normalized spacial score (nSPS) is 32.5. The van der Waals surface area contributed by atoms with Gasteiger partial charge >= 0.3 is 5.97 Å². The van der Waals surface area contributed by atoms with E-state index in [-0.39, 0.29) is 23.4 Å². The molecule has 4 atom stereocenters. The second kappa shape index (κ2) is 6.75. The van der Waals surface area contributed by atoms with Crippen LogP contribution < -0.4 is 5.32 Å². The van der Waals surface area contributed by atoms with E-state index in [4.69, 9.17) is 4.74 Å². The molecule has 2 fully saturated rings. The molecule has 1 aliphatic carbocycles. The van der Waals surface area contributed by atoms with Crippen LogP contribution in [0.15, 0.2) is 30.3 Å². The second-order valence-corrected chi connectivity index (χ2v) is 9.04. The number of carbonyl (C=O) groups is 1. The highest BCUT2D eigenvalue weighted by Crippen LogP contribution is 2.44. The van der Waals surface area contributed by atoms with E-state index in [1.54, 1.807) is 0 Å². The molecule has 1 aliphatic heterocycles. The minimum absolute atomic E-state index is 0.00415. The summed E-state index contributed by atoms with van der Waals surface area (Å²) in [5.41, 5.74) is 0.884. The lowest BCUT2D eigenvalue weighted by Crippen LogP contribution is -2.46. The van der Waals surface area contributed by atoms with Gasteiger partial charge in [0.05, 0.1) is 0 Å². The molecule has 1 saturated heterocycles. The molecule has 25 heavy (non-hydrogen) atoms. The van der Waals surface area contributed by atoms with Gasteiger partial charge in [-0.3, -0.25) is 5.32 Å². The third-order valence-corrected chi connectivity index (χ3v) is 6.66. The first kappa shape index (κ1) is 18.4. The Morgan fingerprint density at radius 1 is 1.24 bits per heavy atom. The molecule has 1 aromatic carbocycles. The van der Waals surface area contributed by atoms with Crippen LogP contribution in [0.5, 0.6) is 0 Å². The van der Waals surface area contributed by atoms with Crippen LogP contribution in [0.3, 0.4) is 0 Å². The fourth-order valence-electron chi connectivity index (χ4n) is 4.49. The average Bonchev–Trinajstić information content (AvgIpc) is 3.37. The number of nitrogens with one attached hydrogen (secondary N) is 1.